The first-order chi connectivity index (χ1) is 71.1. The zero-order valence-corrected chi connectivity index (χ0v) is 85.3. The number of likely N-dealkylation sites (N-methyl/N-ethyl adjacent to an activating group) is 3. The van der Waals surface area contributed by atoms with Crippen LogP contribution in [0.2, 0.25) is 0 Å². The first-order valence-electron chi connectivity index (χ1n) is 51.7. The van der Waals surface area contributed by atoms with Gasteiger partial charge in [-0.2, -0.15) is 42.1 Å². The number of piperazine rings is 3. The van der Waals surface area contributed by atoms with Gasteiger partial charge in [0.1, 0.15) is 35.6 Å². The van der Waals surface area contributed by atoms with Gasteiger partial charge in [0.15, 0.2) is 0 Å². The van der Waals surface area contributed by atoms with E-state index in [2.05, 4.69) is 62.6 Å². The van der Waals surface area contributed by atoms with Crippen molar-refractivity contribution in [2.45, 2.75) is 234 Å². The van der Waals surface area contributed by atoms with Crippen LogP contribution in [0.5, 0.6) is 0 Å². The molecular formula is C110H135F9N18O12. The molecule has 12 amide bonds. The van der Waals surface area contributed by atoms with E-state index >= 15 is 39.5 Å². The molecule has 3 heterocycles. The Labute approximate surface area is 863 Å². The number of urea groups is 3. The van der Waals surface area contributed by atoms with Crippen LogP contribution in [0.25, 0.3) is 0 Å². The Kier molecular flexibility index (Phi) is 40.5. The highest BCUT2D eigenvalue weighted by Gasteiger charge is 2.49. The van der Waals surface area contributed by atoms with Crippen molar-refractivity contribution in [1.29, 1.82) is 15.8 Å². The fraction of sp³-hybridized carbons (Fsp3) is 0.536. The topological polar surface area (TPSA) is 404 Å². The van der Waals surface area contributed by atoms with Gasteiger partial charge in [0.05, 0.1) is 52.0 Å². The molecule has 5 saturated carbocycles. The first kappa shape index (κ1) is 114. The minimum atomic E-state index is -3.93. The SMILES string of the molecule is CNC(=O)N[C@@H](C(=O)N1CCN(C)CC1)[C@@H](C)c1ccc(NC(=O)[C@@H](CC(=O)C(F)(F)c2cccc(C#N)c2)C2CCCCC2)c(F)c1.C[C@@H](c1ccc(NC(=O)[C@@H](CC(=O)C(F)(F)c2cccc(C#N)c2)C2CCCCC2)c(F)c1)[C@@H](NC(=O)NC1CC1)C(=O)N1CCN(C)CC1.C[C@@H](c1ccc(NC(=O)[C@@H](CC(=O)C(F)(F)c2cccc(C#N)c2)C2CCCCC2)c(F)c1)[C@@H](NC(=O)NC1CCC1)C(=O)N1CCN(C)CC1. The molecule has 8 aliphatic rings. The second-order valence-corrected chi connectivity index (χ2v) is 40.9. The molecule has 6 aromatic carbocycles. The highest BCUT2D eigenvalue weighted by Crippen LogP contribution is 2.44. The maximum absolute atomic E-state index is 15.7. The van der Waals surface area contributed by atoms with E-state index in [0.717, 1.165) is 126 Å². The second-order valence-electron chi connectivity index (χ2n) is 40.9. The summed E-state index contributed by atoms with van der Waals surface area (Å²) < 4.78 is 139. The van der Waals surface area contributed by atoms with E-state index in [1.165, 1.54) is 85.9 Å². The van der Waals surface area contributed by atoms with E-state index in [-0.39, 0.29) is 81.3 Å². The fourth-order valence-electron chi connectivity index (χ4n) is 20.5. The minimum absolute atomic E-state index is 0.0162. The lowest BCUT2D eigenvalue weighted by molar-refractivity contribution is -0.147. The smallest absolute Gasteiger partial charge is 0.330 e. The summed E-state index contributed by atoms with van der Waals surface area (Å²) in [6.07, 6.45) is 13.2. The number of benzene rings is 6. The Morgan fingerprint density at radius 2 is 0.604 bits per heavy atom. The van der Waals surface area contributed by atoms with Gasteiger partial charge in [0.25, 0.3) is 0 Å². The number of carbonyl (C=O) groups excluding carboxylic acids is 12. The second kappa shape index (κ2) is 52.7. The van der Waals surface area contributed by atoms with E-state index in [1.807, 2.05) is 21.1 Å². The van der Waals surface area contributed by atoms with Crippen LogP contribution in [0.15, 0.2) is 127 Å². The van der Waals surface area contributed by atoms with Crippen molar-refractivity contribution in [3.63, 3.8) is 0 Å². The van der Waals surface area contributed by atoms with Crippen molar-refractivity contribution in [1.82, 2.24) is 61.3 Å². The lowest BCUT2D eigenvalue weighted by Gasteiger charge is -2.37. The Hall–Kier alpha value is -13.3. The number of nitrogens with zero attached hydrogens (tertiary/aromatic N) is 9. The number of amides is 12. The molecule has 149 heavy (non-hydrogen) atoms. The number of nitrogens with one attached hydrogen (secondary N) is 9. The van der Waals surface area contributed by atoms with Gasteiger partial charge in [0.2, 0.25) is 52.8 Å². The van der Waals surface area contributed by atoms with Crippen LogP contribution in [0.4, 0.5) is 71.0 Å². The lowest BCUT2D eigenvalue weighted by Crippen LogP contribution is -2.58. The van der Waals surface area contributed by atoms with Crippen LogP contribution in [-0.2, 0) is 60.9 Å². The Balaban J connectivity index is 0.000000198. The average Bonchev–Trinajstić information content (AvgIpc) is 1.65. The van der Waals surface area contributed by atoms with Crippen LogP contribution < -0.4 is 47.9 Å². The molecule has 3 aliphatic heterocycles. The summed E-state index contributed by atoms with van der Waals surface area (Å²) in [7, 11) is 7.32. The van der Waals surface area contributed by atoms with Crippen molar-refractivity contribution in [2.24, 2.45) is 35.5 Å². The molecule has 8 fully saturated rings. The van der Waals surface area contributed by atoms with Crippen LogP contribution in [0.3, 0.4) is 0 Å². The normalized spacial score (nSPS) is 18.7. The van der Waals surface area contributed by atoms with Crippen LogP contribution >= 0.6 is 0 Å². The van der Waals surface area contributed by atoms with Crippen LogP contribution in [0.1, 0.15) is 236 Å². The molecule has 0 spiro atoms. The quantitative estimate of drug-likeness (QED) is 0.0167. The van der Waals surface area contributed by atoms with Crippen LogP contribution in [0, 0.1) is 87.0 Å². The van der Waals surface area contributed by atoms with E-state index in [9.17, 15) is 57.5 Å². The van der Waals surface area contributed by atoms with Gasteiger partial charge in [0, 0.05) is 169 Å². The van der Waals surface area contributed by atoms with Gasteiger partial charge in [-0.3, -0.25) is 43.2 Å². The summed E-state index contributed by atoms with van der Waals surface area (Å²) in [5.74, 6) is -27.9. The molecule has 800 valence electrons. The maximum atomic E-state index is 15.7. The molecular weight excluding hydrogens is 1940 g/mol. The van der Waals surface area contributed by atoms with Crippen molar-refractivity contribution in [3.8, 4) is 18.2 Å². The van der Waals surface area contributed by atoms with Gasteiger partial charge in [-0.25, -0.2) is 27.6 Å². The van der Waals surface area contributed by atoms with Gasteiger partial charge in [-0.15, -0.1) is 0 Å². The highest BCUT2D eigenvalue weighted by molar-refractivity contribution is 6.00. The molecule has 0 radical (unpaired) electrons. The summed E-state index contributed by atoms with van der Waals surface area (Å²) in [6.45, 7) is 12.2. The molecule has 39 heteroatoms. The molecule has 0 bridgehead atoms. The highest BCUT2D eigenvalue weighted by atomic mass is 19.3. The standard InChI is InChI=1S/C38H47F3N6O4.C37H45F3N6O4.C35H43F3N6O4/c1-24(34(45-37(51)43-29-12-7-13-29)36(50)47-18-16-46(2)17-19-47)27-14-15-32(31(39)21-27)44-35(49)30(26-9-4-3-5-10-26)22-33(48)38(40,41)28-11-6-8-25(20-28)23-42;1-23(33(44-36(50)42-28-12-13-28)35(49)46-17-15-45(2)16-18-46)26-11-14-31(30(38)20-26)43-34(48)29(25-8-4-3-5-9-25)21-32(47)37(39,40)27-10-6-7-24(19-27)22-41;1-22(31(42-34(48)40-2)33(47)44-16-14-43(3)15-17-44)25-12-13-29(28(36)19-25)41-32(46)27(24-9-5-4-6-10-24)20-30(45)35(37,38)26-11-7-8-23(18-26)21-39/h6,8,11,14-15,20-21,24,26,29-30,34H,3-5,7,9-10,12-13,16-19,22H2,1-2H3,(H,44,49)(H2,43,45,51);6-7,10-11,14,19-20,23,25,28-29,33H,3-5,8-9,12-13,15-18,21H2,1-2H3,(H,43,48)(H2,42,44,50);7-8,11-13,18-19,22,24,27,31H,4-6,9-10,14-17,20H2,1-3H3,(H,41,46)(H2,40,42,48)/t24-,30-,34+;23-,29-,33+;22-,27-,31+/m000/s1. The number of nitriles is 3. The predicted molar refractivity (Wildman–Crippen MR) is 540 cm³/mol. The van der Waals surface area contributed by atoms with E-state index < -0.39 is 178 Å². The maximum Gasteiger partial charge on any atom is 0.330 e. The van der Waals surface area contributed by atoms with Crippen molar-refractivity contribution in [2.75, 3.05) is 123 Å². The number of hydrogen-bond donors (Lipinski definition) is 9. The van der Waals surface area contributed by atoms with Crippen molar-refractivity contribution >= 4 is 87.9 Å². The number of hydrogen-bond acceptors (Lipinski definition) is 18. The molecule has 9 atom stereocenters. The Bertz CT molecular complexity index is 5890. The summed E-state index contributed by atoms with van der Waals surface area (Å²) in [5, 5.41) is 51.5. The van der Waals surface area contributed by atoms with Crippen molar-refractivity contribution in [3.05, 3.63) is 195 Å². The monoisotopic (exact) mass is 2070 g/mol. The zero-order chi connectivity index (χ0) is 108. The minimum Gasteiger partial charge on any atom is -0.341 e. The number of halogens is 9. The van der Waals surface area contributed by atoms with E-state index in [0.29, 0.717) is 134 Å². The molecule has 30 nitrogen and oxygen atoms in total. The summed E-state index contributed by atoms with van der Waals surface area (Å²) in [4.78, 5) is 170. The third-order valence-corrected chi connectivity index (χ3v) is 30.5. The van der Waals surface area contributed by atoms with E-state index in [4.69, 9.17) is 15.8 Å². The molecule has 9 N–H and O–H groups in total. The lowest BCUT2D eigenvalue weighted by atomic mass is 9.76. The largest absolute Gasteiger partial charge is 0.341 e. The first-order valence-corrected chi connectivity index (χ1v) is 51.7. The number of ketones is 3. The van der Waals surface area contributed by atoms with E-state index in [1.54, 1.807) is 65.8 Å². The fourth-order valence-corrected chi connectivity index (χ4v) is 20.5. The Morgan fingerprint density at radius 3 is 0.839 bits per heavy atom. The summed E-state index contributed by atoms with van der Waals surface area (Å²) in [5.41, 5.74) is -1.26. The van der Waals surface area contributed by atoms with Gasteiger partial charge < -0.3 is 77.3 Å². The molecule has 5 aliphatic carbocycles. The van der Waals surface area contributed by atoms with Gasteiger partial charge >= 0.3 is 35.9 Å². The zero-order valence-electron chi connectivity index (χ0n) is 85.3. The number of Topliss-reactive ketones (excluding diaryl/α,β-unsaturated/α-hetero) is 3. The summed E-state index contributed by atoms with van der Waals surface area (Å²) >= 11 is 0. The molecule has 6 aromatic rings. The van der Waals surface area contributed by atoms with Gasteiger partial charge in [-0.05, 0) is 199 Å². The molecule has 0 aromatic heterocycles. The number of carbonyl (C=O) groups is 12. The van der Waals surface area contributed by atoms with Crippen molar-refractivity contribution < 1.29 is 97.0 Å². The number of rotatable bonds is 35. The molecule has 3 saturated heterocycles. The Morgan fingerprint density at radius 1 is 0.342 bits per heavy atom. The van der Waals surface area contributed by atoms with Crippen LogP contribution in [-0.4, -0.2) is 237 Å². The number of anilines is 3. The number of alkyl halides is 6. The van der Waals surface area contributed by atoms with Gasteiger partial charge in [-0.1, -0.05) is 133 Å². The third kappa shape index (κ3) is 30.5. The molecule has 14 rings (SSSR count). The average molecular weight is 2070 g/mol. The third-order valence-electron chi connectivity index (χ3n) is 30.5. The predicted octanol–water partition coefficient (Wildman–Crippen LogP) is 15.7. The molecule has 0 unspecified atom stereocenters. The summed E-state index contributed by atoms with van der Waals surface area (Å²) in [6, 6.07) is 27.3.